The lowest BCUT2D eigenvalue weighted by atomic mass is 10.0. The maximum atomic E-state index is 13.0. The SMILES string of the molecule is CCN(Cc1ccccc1)C(=O)C(NCCc1cnc[nH]1)C(C)C. The molecule has 1 atom stereocenters. The molecule has 1 heterocycles. The van der Waals surface area contributed by atoms with Crippen molar-refractivity contribution < 1.29 is 4.79 Å². The van der Waals surface area contributed by atoms with Crippen molar-refractivity contribution in [1.82, 2.24) is 20.2 Å². The number of benzene rings is 1. The third-order valence-corrected chi connectivity index (χ3v) is 4.16. The van der Waals surface area contributed by atoms with Gasteiger partial charge in [0, 0.05) is 37.9 Å². The molecule has 1 aromatic heterocycles. The van der Waals surface area contributed by atoms with Gasteiger partial charge in [-0.25, -0.2) is 4.98 Å². The van der Waals surface area contributed by atoms with Crippen LogP contribution in [0.1, 0.15) is 32.0 Å². The zero-order chi connectivity index (χ0) is 17.4. The van der Waals surface area contributed by atoms with E-state index in [0.717, 1.165) is 24.2 Å². The molecule has 0 radical (unpaired) electrons. The first-order valence-corrected chi connectivity index (χ1v) is 8.65. The van der Waals surface area contributed by atoms with Crippen LogP contribution in [0.2, 0.25) is 0 Å². The third-order valence-electron chi connectivity index (χ3n) is 4.16. The summed E-state index contributed by atoms with van der Waals surface area (Å²) in [6.07, 6.45) is 4.34. The van der Waals surface area contributed by atoms with Crippen molar-refractivity contribution in [2.24, 2.45) is 5.92 Å². The second kappa shape index (κ2) is 9.23. The second-order valence-corrected chi connectivity index (χ2v) is 6.34. The van der Waals surface area contributed by atoms with E-state index in [1.807, 2.05) is 36.2 Å². The Labute approximate surface area is 144 Å². The van der Waals surface area contributed by atoms with E-state index in [1.54, 1.807) is 6.33 Å². The van der Waals surface area contributed by atoms with E-state index in [9.17, 15) is 4.79 Å². The number of likely N-dealkylation sites (N-methyl/N-ethyl adjacent to an activating group) is 1. The van der Waals surface area contributed by atoms with E-state index in [1.165, 1.54) is 0 Å². The van der Waals surface area contributed by atoms with Crippen LogP contribution < -0.4 is 5.32 Å². The van der Waals surface area contributed by atoms with Crippen molar-refractivity contribution in [2.75, 3.05) is 13.1 Å². The van der Waals surface area contributed by atoms with Gasteiger partial charge in [-0.15, -0.1) is 0 Å². The Hall–Kier alpha value is -2.14. The summed E-state index contributed by atoms with van der Waals surface area (Å²) in [5, 5.41) is 3.42. The monoisotopic (exact) mass is 328 g/mol. The molecule has 0 fully saturated rings. The molecule has 1 aromatic carbocycles. The quantitative estimate of drug-likeness (QED) is 0.744. The van der Waals surface area contributed by atoms with Crippen molar-refractivity contribution in [1.29, 1.82) is 0 Å². The molecule has 0 saturated carbocycles. The summed E-state index contributed by atoms with van der Waals surface area (Å²) >= 11 is 0. The number of carbonyl (C=O) groups is 1. The van der Waals surface area contributed by atoms with Gasteiger partial charge in [-0.3, -0.25) is 4.79 Å². The van der Waals surface area contributed by atoms with Gasteiger partial charge in [-0.1, -0.05) is 44.2 Å². The van der Waals surface area contributed by atoms with Gasteiger partial charge in [0.2, 0.25) is 5.91 Å². The fourth-order valence-electron chi connectivity index (χ4n) is 2.74. The molecule has 0 aliphatic carbocycles. The molecule has 0 aliphatic heterocycles. The van der Waals surface area contributed by atoms with E-state index in [2.05, 4.69) is 41.3 Å². The molecular formula is C19H28N4O. The molecular weight excluding hydrogens is 300 g/mol. The number of nitrogens with zero attached hydrogens (tertiary/aromatic N) is 2. The maximum absolute atomic E-state index is 13.0. The topological polar surface area (TPSA) is 61.0 Å². The molecule has 2 N–H and O–H groups in total. The molecule has 24 heavy (non-hydrogen) atoms. The van der Waals surface area contributed by atoms with Gasteiger partial charge in [0.05, 0.1) is 12.4 Å². The van der Waals surface area contributed by atoms with Gasteiger partial charge < -0.3 is 15.2 Å². The average molecular weight is 328 g/mol. The van der Waals surface area contributed by atoms with Gasteiger partial charge in [0.25, 0.3) is 0 Å². The van der Waals surface area contributed by atoms with E-state index >= 15 is 0 Å². The lowest BCUT2D eigenvalue weighted by Crippen LogP contribution is -2.49. The van der Waals surface area contributed by atoms with E-state index in [0.29, 0.717) is 13.1 Å². The normalized spacial score (nSPS) is 12.3. The van der Waals surface area contributed by atoms with Crippen LogP contribution in [0.25, 0.3) is 0 Å². The van der Waals surface area contributed by atoms with Gasteiger partial charge in [-0.05, 0) is 18.4 Å². The standard InChI is InChI=1S/C19H28N4O/c1-4-23(13-16-8-6-5-7-9-16)19(24)18(15(2)3)21-11-10-17-12-20-14-22-17/h5-9,12,14-15,18,21H,4,10-11,13H2,1-3H3,(H,20,22). The molecule has 0 aliphatic rings. The first-order valence-electron chi connectivity index (χ1n) is 8.65. The van der Waals surface area contributed by atoms with Crippen molar-refractivity contribution in [3.8, 4) is 0 Å². The van der Waals surface area contributed by atoms with Crippen molar-refractivity contribution >= 4 is 5.91 Å². The molecule has 0 saturated heterocycles. The minimum atomic E-state index is -0.170. The number of aromatic amines is 1. The summed E-state index contributed by atoms with van der Waals surface area (Å²) in [6.45, 7) is 8.31. The van der Waals surface area contributed by atoms with Gasteiger partial charge >= 0.3 is 0 Å². The van der Waals surface area contributed by atoms with Crippen molar-refractivity contribution in [3.05, 3.63) is 54.1 Å². The Morgan fingerprint density at radius 1 is 1.29 bits per heavy atom. The van der Waals surface area contributed by atoms with Crippen LogP contribution in [0.3, 0.4) is 0 Å². The number of amides is 1. The largest absolute Gasteiger partial charge is 0.348 e. The molecule has 0 bridgehead atoms. The summed E-state index contributed by atoms with van der Waals surface area (Å²) in [7, 11) is 0. The zero-order valence-corrected chi connectivity index (χ0v) is 14.8. The van der Waals surface area contributed by atoms with Crippen LogP contribution in [0, 0.1) is 5.92 Å². The number of hydrogen-bond acceptors (Lipinski definition) is 3. The second-order valence-electron chi connectivity index (χ2n) is 6.34. The Morgan fingerprint density at radius 3 is 2.62 bits per heavy atom. The lowest BCUT2D eigenvalue weighted by Gasteiger charge is -2.29. The molecule has 0 spiro atoms. The van der Waals surface area contributed by atoms with Crippen molar-refractivity contribution in [3.63, 3.8) is 0 Å². The highest BCUT2D eigenvalue weighted by atomic mass is 16.2. The fraction of sp³-hybridized carbons (Fsp3) is 0.474. The maximum Gasteiger partial charge on any atom is 0.240 e. The number of aromatic nitrogens is 2. The Kier molecular flexibility index (Phi) is 7.00. The van der Waals surface area contributed by atoms with E-state index in [4.69, 9.17) is 0 Å². The van der Waals surface area contributed by atoms with Crippen molar-refractivity contribution in [2.45, 2.75) is 39.8 Å². The number of nitrogens with one attached hydrogen (secondary N) is 2. The molecule has 5 nitrogen and oxygen atoms in total. The van der Waals surface area contributed by atoms with Crippen LogP contribution in [0.4, 0.5) is 0 Å². The Morgan fingerprint density at radius 2 is 2.04 bits per heavy atom. The summed E-state index contributed by atoms with van der Waals surface area (Å²) in [4.78, 5) is 22.0. The highest BCUT2D eigenvalue weighted by Gasteiger charge is 2.25. The first-order chi connectivity index (χ1) is 11.6. The van der Waals surface area contributed by atoms with E-state index < -0.39 is 0 Å². The number of H-pyrrole nitrogens is 1. The molecule has 1 amide bonds. The summed E-state index contributed by atoms with van der Waals surface area (Å²) in [5.41, 5.74) is 2.24. The molecule has 130 valence electrons. The highest BCUT2D eigenvalue weighted by molar-refractivity contribution is 5.82. The molecule has 1 unspecified atom stereocenters. The van der Waals surface area contributed by atoms with Gasteiger partial charge in [-0.2, -0.15) is 0 Å². The number of carbonyl (C=O) groups excluding carboxylic acids is 1. The van der Waals surface area contributed by atoms with Crippen LogP contribution >= 0.6 is 0 Å². The van der Waals surface area contributed by atoms with Crippen LogP contribution in [-0.2, 0) is 17.8 Å². The summed E-state index contributed by atoms with van der Waals surface area (Å²) in [5.74, 6) is 0.407. The smallest absolute Gasteiger partial charge is 0.240 e. The Balaban J connectivity index is 1.95. The number of hydrogen-bond donors (Lipinski definition) is 2. The summed E-state index contributed by atoms with van der Waals surface area (Å²) < 4.78 is 0. The fourth-order valence-corrected chi connectivity index (χ4v) is 2.74. The van der Waals surface area contributed by atoms with Crippen LogP contribution in [0.15, 0.2) is 42.9 Å². The Bertz CT molecular complexity index is 595. The summed E-state index contributed by atoms with van der Waals surface area (Å²) in [6, 6.07) is 9.97. The molecule has 2 aromatic rings. The molecule has 2 rings (SSSR count). The third kappa shape index (κ3) is 5.20. The minimum Gasteiger partial charge on any atom is -0.348 e. The van der Waals surface area contributed by atoms with E-state index in [-0.39, 0.29) is 17.9 Å². The predicted molar refractivity (Wildman–Crippen MR) is 96.5 cm³/mol. The zero-order valence-electron chi connectivity index (χ0n) is 14.8. The average Bonchev–Trinajstić information content (AvgIpc) is 3.10. The lowest BCUT2D eigenvalue weighted by molar-refractivity contribution is -0.135. The van der Waals surface area contributed by atoms with Crippen LogP contribution in [-0.4, -0.2) is 39.9 Å². The van der Waals surface area contributed by atoms with Gasteiger partial charge in [0.1, 0.15) is 0 Å². The van der Waals surface area contributed by atoms with Gasteiger partial charge in [0.15, 0.2) is 0 Å². The molecule has 5 heteroatoms. The number of rotatable bonds is 9. The van der Waals surface area contributed by atoms with Crippen LogP contribution in [0.5, 0.6) is 0 Å². The predicted octanol–water partition coefficient (Wildman–Crippen LogP) is 2.62. The first kappa shape index (κ1) is 18.2. The number of imidazole rings is 1. The highest BCUT2D eigenvalue weighted by Crippen LogP contribution is 2.11. The minimum absolute atomic E-state index is 0.168.